The number of aliphatic carboxylic acids is 1. The molecule has 1 unspecified atom stereocenters. The van der Waals surface area contributed by atoms with Crippen molar-refractivity contribution >= 4 is 22.0 Å². The molecule has 2 rings (SSSR count). The second-order valence-electron chi connectivity index (χ2n) is 6.20. The maximum Gasteiger partial charge on any atom is 0.322 e. The Morgan fingerprint density at radius 1 is 1.23 bits per heavy atom. The summed E-state index contributed by atoms with van der Waals surface area (Å²) in [6.45, 7) is 0.205. The van der Waals surface area contributed by atoms with Gasteiger partial charge >= 0.3 is 11.9 Å². The summed E-state index contributed by atoms with van der Waals surface area (Å²) in [5.74, 6) is -1.98. The molecule has 1 N–H and O–H groups in total. The Labute approximate surface area is 130 Å². The number of piperidine rings is 1. The first-order valence-electron chi connectivity index (χ1n) is 7.63. The number of rotatable bonds is 5. The van der Waals surface area contributed by atoms with Crippen LogP contribution in [-0.4, -0.2) is 55.2 Å². The van der Waals surface area contributed by atoms with Crippen molar-refractivity contribution in [3.05, 3.63) is 0 Å². The molecule has 0 amide bonds. The number of hydrogen-bond acceptors (Lipinski definition) is 5. The quantitative estimate of drug-likeness (QED) is 0.753. The van der Waals surface area contributed by atoms with E-state index in [9.17, 15) is 23.1 Å². The lowest BCUT2D eigenvalue weighted by Gasteiger charge is -2.35. The molecule has 2 fully saturated rings. The summed E-state index contributed by atoms with van der Waals surface area (Å²) in [5, 5.41) is 9.25. The number of hydrogen-bond donors (Lipinski definition) is 1. The summed E-state index contributed by atoms with van der Waals surface area (Å²) in [6.07, 6.45) is 4.19. The first kappa shape index (κ1) is 17.2. The predicted molar refractivity (Wildman–Crippen MR) is 78.7 cm³/mol. The van der Waals surface area contributed by atoms with E-state index in [1.807, 2.05) is 0 Å². The zero-order chi connectivity index (χ0) is 16.4. The van der Waals surface area contributed by atoms with E-state index < -0.39 is 33.4 Å². The molecule has 0 aromatic rings. The number of carboxylic acid groups (broad SMARTS) is 1. The molecule has 1 atom stereocenters. The van der Waals surface area contributed by atoms with Gasteiger partial charge in [0, 0.05) is 6.54 Å². The minimum absolute atomic E-state index is 0.205. The first-order valence-corrected chi connectivity index (χ1v) is 9.24. The van der Waals surface area contributed by atoms with Gasteiger partial charge in [0.1, 0.15) is 6.04 Å². The predicted octanol–water partition coefficient (Wildman–Crippen LogP) is 0.989. The van der Waals surface area contributed by atoms with Crippen LogP contribution in [-0.2, 0) is 24.3 Å². The van der Waals surface area contributed by atoms with Crippen LogP contribution in [0.2, 0.25) is 0 Å². The van der Waals surface area contributed by atoms with Gasteiger partial charge in [-0.05, 0) is 32.1 Å². The van der Waals surface area contributed by atoms with E-state index in [1.165, 1.54) is 7.11 Å². The highest BCUT2D eigenvalue weighted by Crippen LogP contribution is 2.41. The molecule has 1 aliphatic heterocycles. The second-order valence-corrected chi connectivity index (χ2v) is 8.12. The molecule has 126 valence electrons. The standard InChI is InChI=1S/C14H23NO6S/c1-21-13(18)14(7-3-4-8-14)10-22(19,20)15-9-5-2-6-11(15)12(16)17/h11H,2-10H2,1H3,(H,16,17). The molecule has 0 aromatic heterocycles. The van der Waals surface area contributed by atoms with Gasteiger partial charge in [-0.2, -0.15) is 4.31 Å². The number of sulfonamides is 1. The maximum atomic E-state index is 12.7. The van der Waals surface area contributed by atoms with Crippen LogP contribution >= 0.6 is 0 Å². The van der Waals surface area contributed by atoms with Gasteiger partial charge in [0.2, 0.25) is 10.0 Å². The molecule has 0 spiro atoms. The van der Waals surface area contributed by atoms with Gasteiger partial charge in [-0.15, -0.1) is 0 Å². The normalized spacial score (nSPS) is 25.8. The van der Waals surface area contributed by atoms with Crippen LogP contribution in [0.25, 0.3) is 0 Å². The number of carboxylic acids is 1. The molecule has 1 saturated heterocycles. The van der Waals surface area contributed by atoms with Crippen molar-refractivity contribution in [2.75, 3.05) is 19.4 Å². The van der Waals surface area contributed by atoms with Crippen molar-refractivity contribution in [1.82, 2.24) is 4.31 Å². The van der Waals surface area contributed by atoms with Crippen LogP contribution in [0.15, 0.2) is 0 Å². The molecular formula is C14H23NO6S. The van der Waals surface area contributed by atoms with Crippen molar-refractivity contribution < 1.29 is 27.9 Å². The third-order valence-corrected chi connectivity index (χ3v) is 6.80. The maximum absolute atomic E-state index is 12.7. The highest BCUT2D eigenvalue weighted by Gasteiger charge is 2.48. The Morgan fingerprint density at radius 3 is 2.41 bits per heavy atom. The molecule has 2 aliphatic rings. The van der Waals surface area contributed by atoms with E-state index in [-0.39, 0.29) is 12.3 Å². The summed E-state index contributed by atoms with van der Waals surface area (Å²) < 4.78 is 31.4. The molecule has 0 radical (unpaired) electrons. The van der Waals surface area contributed by atoms with Crippen molar-refractivity contribution in [3.63, 3.8) is 0 Å². The summed E-state index contributed by atoms with van der Waals surface area (Å²) in [7, 11) is -2.56. The van der Waals surface area contributed by atoms with Gasteiger partial charge in [-0.25, -0.2) is 8.42 Å². The molecule has 22 heavy (non-hydrogen) atoms. The zero-order valence-corrected chi connectivity index (χ0v) is 13.6. The second kappa shape index (κ2) is 6.54. The molecule has 1 saturated carbocycles. The largest absolute Gasteiger partial charge is 0.480 e. The van der Waals surface area contributed by atoms with Crippen LogP contribution < -0.4 is 0 Å². The van der Waals surface area contributed by atoms with Gasteiger partial charge in [0.05, 0.1) is 18.3 Å². The van der Waals surface area contributed by atoms with E-state index >= 15 is 0 Å². The highest BCUT2D eigenvalue weighted by molar-refractivity contribution is 7.89. The van der Waals surface area contributed by atoms with E-state index in [2.05, 4.69) is 0 Å². The van der Waals surface area contributed by atoms with E-state index in [0.29, 0.717) is 32.1 Å². The van der Waals surface area contributed by atoms with Gasteiger partial charge in [0.25, 0.3) is 0 Å². The Balaban J connectivity index is 2.25. The SMILES string of the molecule is COC(=O)C1(CS(=O)(=O)N2CCCCC2C(=O)O)CCCC1. The Hall–Kier alpha value is -1.15. The Kier molecular flexibility index (Phi) is 5.11. The lowest BCUT2D eigenvalue weighted by Crippen LogP contribution is -2.51. The molecular weight excluding hydrogens is 310 g/mol. The zero-order valence-electron chi connectivity index (χ0n) is 12.8. The summed E-state index contributed by atoms with van der Waals surface area (Å²) in [6, 6.07) is -1.02. The lowest BCUT2D eigenvalue weighted by molar-refractivity contribution is -0.151. The molecule has 8 heteroatoms. The Morgan fingerprint density at radius 2 is 1.86 bits per heavy atom. The number of carbonyl (C=O) groups excluding carboxylic acids is 1. The molecule has 1 heterocycles. The average Bonchev–Trinajstić information content (AvgIpc) is 2.95. The van der Waals surface area contributed by atoms with Gasteiger partial charge in [-0.3, -0.25) is 9.59 Å². The fourth-order valence-corrected chi connectivity index (χ4v) is 5.85. The molecule has 0 aromatic carbocycles. The van der Waals surface area contributed by atoms with Crippen molar-refractivity contribution in [2.45, 2.75) is 51.0 Å². The monoisotopic (exact) mass is 333 g/mol. The smallest absolute Gasteiger partial charge is 0.322 e. The summed E-state index contributed by atoms with van der Waals surface area (Å²) >= 11 is 0. The highest BCUT2D eigenvalue weighted by atomic mass is 32.2. The number of methoxy groups -OCH3 is 1. The van der Waals surface area contributed by atoms with Gasteiger partial charge < -0.3 is 9.84 Å². The van der Waals surface area contributed by atoms with E-state index in [0.717, 1.165) is 17.1 Å². The van der Waals surface area contributed by atoms with E-state index in [4.69, 9.17) is 4.74 Å². The fourth-order valence-electron chi connectivity index (χ4n) is 3.59. The van der Waals surface area contributed by atoms with E-state index in [1.54, 1.807) is 0 Å². The number of esters is 1. The van der Waals surface area contributed by atoms with Crippen LogP contribution in [0.1, 0.15) is 44.9 Å². The molecule has 1 aliphatic carbocycles. The van der Waals surface area contributed by atoms with Crippen molar-refractivity contribution in [3.8, 4) is 0 Å². The number of ether oxygens (including phenoxy) is 1. The van der Waals surface area contributed by atoms with Crippen LogP contribution in [0.3, 0.4) is 0 Å². The molecule has 7 nitrogen and oxygen atoms in total. The fraction of sp³-hybridized carbons (Fsp3) is 0.857. The van der Waals surface area contributed by atoms with Crippen LogP contribution in [0.5, 0.6) is 0 Å². The van der Waals surface area contributed by atoms with Crippen molar-refractivity contribution in [2.24, 2.45) is 5.41 Å². The minimum Gasteiger partial charge on any atom is -0.480 e. The minimum atomic E-state index is -3.82. The lowest BCUT2D eigenvalue weighted by atomic mass is 9.89. The third-order valence-electron chi connectivity index (χ3n) is 4.73. The number of carbonyl (C=O) groups is 2. The van der Waals surface area contributed by atoms with Crippen LogP contribution in [0, 0.1) is 5.41 Å². The third kappa shape index (κ3) is 3.27. The molecule has 0 bridgehead atoms. The van der Waals surface area contributed by atoms with Crippen LogP contribution in [0.4, 0.5) is 0 Å². The summed E-state index contributed by atoms with van der Waals surface area (Å²) in [4.78, 5) is 23.4. The topological polar surface area (TPSA) is 101 Å². The summed E-state index contributed by atoms with van der Waals surface area (Å²) in [5.41, 5.74) is -1.02. The Bertz CT molecular complexity index is 538. The average molecular weight is 333 g/mol. The van der Waals surface area contributed by atoms with Gasteiger partial charge in [-0.1, -0.05) is 12.8 Å². The number of nitrogens with zero attached hydrogens (tertiary/aromatic N) is 1. The van der Waals surface area contributed by atoms with Gasteiger partial charge in [0.15, 0.2) is 0 Å². The van der Waals surface area contributed by atoms with Crippen molar-refractivity contribution in [1.29, 1.82) is 0 Å². The first-order chi connectivity index (χ1) is 10.3.